The van der Waals surface area contributed by atoms with E-state index in [2.05, 4.69) is 10.3 Å². The van der Waals surface area contributed by atoms with Crippen LogP contribution in [-0.4, -0.2) is 23.2 Å². The lowest BCUT2D eigenvalue weighted by atomic mass is 10.0. The summed E-state index contributed by atoms with van der Waals surface area (Å²) in [7, 11) is 0. The van der Waals surface area contributed by atoms with E-state index in [1.165, 1.54) is 0 Å². The smallest absolute Gasteiger partial charge is 0.407 e. The zero-order valence-electron chi connectivity index (χ0n) is 13.5. The Bertz CT molecular complexity index is 677. The summed E-state index contributed by atoms with van der Waals surface area (Å²) in [5.74, 6) is 0. The molecule has 0 bridgehead atoms. The average molecular weight is 301 g/mol. The van der Waals surface area contributed by atoms with Crippen molar-refractivity contribution in [3.05, 3.63) is 41.6 Å². The van der Waals surface area contributed by atoms with Crippen LogP contribution in [0.5, 0.6) is 0 Å². The molecule has 0 aliphatic heterocycles. The number of nitrogens with zero attached hydrogens (tertiary/aromatic N) is 1. The summed E-state index contributed by atoms with van der Waals surface area (Å²) in [6.07, 6.45) is -0.457. The predicted molar refractivity (Wildman–Crippen MR) is 87.6 cm³/mol. The lowest BCUT2D eigenvalue weighted by Gasteiger charge is -2.21. The zero-order valence-corrected chi connectivity index (χ0v) is 13.5. The Morgan fingerprint density at radius 2 is 2.05 bits per heavy atom. The first-order valence-electron chi connectivity index (χ1n) is 7.34. The van der Waals surface area contributed by atoms with Crippen molar-refractivity contribution in [2.45, 2.75) is 39.3 Å². The predicted octanol–water partition coefficient (Wildman–Crippen LogP) is 3.07. The molecule has 1 amide bonds. The molecular weight excluding hydrogens is 278 g/mol. The lowest BCUT2D eigenvalue weighted by Crippen LogP contribution is -2.36. The largest absolute Gasteiger partial charge is 0.444 e. The van der Waals surface area contributed by atoms with Gasteiger partial charge < -0.3 is 15.8 Å². The van der Waals surface area contributed by atoms with Crippen LogP contribution in [0, 0.1) is 6.92 Å². The third-order valence-corrected chi connectivity index (χ3v) is 3.15. The second-order valence-corrected chi connectivity index (χ2v) is 6.39. The van der Waals surface area contributed by atoms with E-state index in [1.54, 1.807) is 0 Å². The maximum atomic E-state index is 11.6. The molecule has 0 saturated heterocycles. The highest BCUT2D eigenvalue weighted by atomic mass is 16.6. The number of alkyl carbamates (subject to hydrolysis) is 1. The average Bonchev–Trinajstić information content (AvgIpc) is 2.42. The van der Waals surface area contributed by atoms with Crippen LogP contribution in [0.3, 0.4) is 0 Å². The Morgan fingerprint density at radius 1 is 1.32 bits per heavy atom. The van der Waals surface area contributed by atoms with Crippen LogP contribution >= 0.6 is 0 Å². The number of ether oxygens (including phenoxy) is 1. The van der Waals surface area contributed by atoms with Gasteiger partial charge in [-0.15, -0.1) is 0 Å². The third-order valence-electron chi connectivity index (χ3n) is 3.15. The van der Waals surface area contributed by atoms with Gasteiger partial charge in [-0.1, -0.05) is 12.1 Å². The van der Waals surface area contributed by atoms with Gasteiger partial charge in [0.15, 0.2) is 0 Å². The number of hydrogen-bond donors (Lipinski definition) is 2. The fraction of sp³-hybridized carbons (Fsp3) is 0.412. The van der Waals surface area contributed by atoms with E-state index >= 15 is 0 Å². The number of carbonyl (C=O) groups excluding carboxylic acids is 1. The molecule has 0 fully saturated rings. The van der Waals surface area contributed by atoms with Crippen molar-refractivity contribution in [1.29, 1.82) is 0 Å². The molecule has 1 atom stereocenters. The number of aryl methyl sites for hydroxylation is 1. The van der Waals surface area contributed by atoms with Gasteiger partial charge in [0.2, 0.25) is 0 Å². The first kappa shape index (κ1) is 16.2. The topological polar surface area (TPSA) is 77.2 Å². The molecule has 22 heavy (non-hydrogen) atoms. The Hall–Kier alpha value is -2.14. The van der Waals surface area contributed by atoms with Crippen molar-refractivity contribution in [3.8, 4) is 0 Å². The minimum atomic E-state index is -0.513. The summed E-state index contributed by atoms with van der Waals surface area (Å²) in [4.78, 5) is 16.1. The van der Waals surface area contributed by atoms with Gasteiger partial charge in [0, 0.05) is 23.7 Å². The number of hydrogen-bond acceptors (Lipinski definition) is 4. The number of carbonyl (C=O) groups is 1. The van der Waals surface area contributed by atoms with Crippen molar-refractivity contribution < 1.29 is 9.53 Å². The summed E-state index contributed by atoms with van der Waals surface area (Å²) in [5.41, 5.74) is 8.50. The Balaban J connectivity index is 2.02. The second kappa shape index (κ2) is 6.32. The highest BCUT2D eigenvalue weighted by molar-refractivity contribution is 5.79. The Labute approximate surface area is 130 Å². The van der Waals surface area contributed by atoms with Crippen molar-refractivity contribution in [2.75, 3.05) is 6.54 Å². The van der Waals surface area contributed by atoms with Gasteiger partial charge in [-0.25, -0.2) is 4.79 Å². The summed E-state index contributed by atoms with van der Waals surface area (Å²) >= 11 is 0. The van der Waals surface area contributed by atoms with E-state index in [0.717, 1.165) is 22.2 Å². The molecule has 0 aliphatic carbocycles. The van der Waals surface area contributed by atoms with E-state index in [-0.39, 0.29) is 6.04 Å². The molecule has 1 heterocycles. The monoisotopic (exact) mass is 301 g/mol. The molecule has 2 aromatic rings. The van der Waals surface area contributed by atoms with Gasteiger partial charge in [0.1, 0.15) is 5.60 Å². The number of aromatic nitrogens is 1. The van der Waals surface area contributed by atoms with Crippen LogP contribution in [0.2, 0.25) is 0 Å². The maximum absolute atomic E-state index is 11.6. The summed E-state index contributed by atoms with van der Waals surface area (Å²) in [6.45, 7) is 7.75. The molecular formula is C17H23N3O2. The molecule has 0 spiro atoms. The molecule has 0 radical (unpaired) electrons. The Morgan fingerprint density at radius 3 is 2.73 bits per heavy atom. The van der Waals surface area contributed by atoms with Crippen LogP contribution < -0.4 is 11.1 Å². The van der Waals surface area contributed by atoms with Crippen LogP contribution in [0.4, 0.5) is 4.79 Å². The number of amides is 1. The van der Waals surface area contributed by atoms with Crippen molar-refractivity contribution in [3.63, 3.8) is 0 Å². The van der Waals surface area contributed by atoms with Gasteiger partial charge in [0.05, 0.1) is 5.52 Å². The van der Waals surface area contributed by atoms with E-state index < -0.39 is 11.7 Å². The van der Waals surface area contributed by atoms with Gasteiger partial charge in [-0.2, -0.15) is 0 Å². The zero-order chi connectivity index (χ0) is 16.3. The first-order chi connectivity index (χ1) is 10.2. The normalized spacial score (nSPS) is 13.0. The first-order valence-corrected chi connectivity index (χ1v) is 7.34. The molecule has 1 unspecified atom stereocenters. The van der Waals surface area contributed by atoms with Gasteiger partial charge >= 0.3 is 6.09 Å². The van der Waals surface area contributed by atoms with Gasteiger partial charge in [-0.05, 0) is 51.5 Å². The van der Waals surface area contributed by atoms with Crippen molar-refractivity contribution in [2.24, 2.45) is 5.73 Å². The van der Waals surface area contributed by atoms with E-state index in [0.29, 0.717) is 6.54 Å². The van der Waals surface area contributed by atoms with Gasteiger partial charge in [-0.3, -0.25) is 4.98 Å². The summed E-state index contributed by atoms with van der Waals surface area (Å²) in [6, 6.07) is 9.59. The molecule has 0 aliphatic rings. The van der Waals surface area contributed by atoms with E-state index in [1.807, 2.05) is 58.0 Å². The third kappa shape index (κ3) is 4.43. The molecule has 3 N–H and O–H groups in total. The molecule has 5 heteroatoms. The fourth-order valence-corrected chi connectivity index (χ4v) is 2.10. The van der Waals surface area contributed by atoms with Crippen molar-refractivity contribution >= 4 is 17.0 Å². The Kier molecular flexibility index (Phi) is 4.66. The molecule has 0 saturated carbocycles. The number of nitrogens with two attached hydrogens (primary N) is 1. The minimum Gasteiger partial charge on any atom is -0.444 e. The highest BCUT2D eigenvalue weighted by Crippen LogP contribution is 2.18. The van der Waals surface area contributed by atoms with Crippen molar-refractivity contribution in [1.82, 2.24) is 10.3 Å². The number of pyridine rings is 1. The maximum Gasteiger partial charge on any atom is 0.407 e. The molecule has 2 rings (SSSR count). The lowest BCUT2D eigenvalue weighted by molar-refractivity contribution is 0.0524. The minimum absolute atomic E-state index is 0.293. The number of nitrogens with one attached hydrogen (secondary N) is 1. The van der Waals surface area contributed by atoms with Crippen LogP contribution in [0.25, 0.3) is 10.9 Å². The highest BCUT2D eigenvalue weighted by Gasteiger charge is 2.17. The standard InChI is InChI=1S/C17H23N3O2/c1-11-5-6-13-9-12(7-8-15(13)20-11)14(18)10-19-16(21)22-17(2,3)4/h5-9,14H,10,18H2,1-4H3,(H,19,21). The van der Waals surface area contributed by atoms with E-state index in [4.69, 9.17) is 10.5 Å². The quantitative estimate of drug-likeness (QED) is 0.913. The van der Waals surface area contributed by atoms with Crippen LogP contribution in [-0.2, 0) is 4.74 Å². The second-order valence-electron chi connectivity index (χ2n) is 6.39. The molecule has 1 aromatic heterocycles. The fourth-order valence-electron chi connectivity index (χ4n) is 2.10. The number of benzene rings is 1. The molecule has 5 nitrogen and oxygen atoms in total. The van der Waals surface area contributed by atoms with E-state index in [9.17, 15) is 4.79 Å². The SMILES string of the molecule is Cc1ccc2cc(C(N)CNC(=O)OC(C)(C)C)ccc2n1. The van der Waals surface area contributed by atoms with Crippen LogP contribution in [0.15, 0.2) is 30.3 Å². The van der Waals surface area contributed by atoms with Crippen LogP contribution in [0.1, 0.15) is 38.1 Å². The summed E-state index contributed by atoms with van der Waals surface area (Å²) in [5, 5.41) is 3.73. The number of rotatable bonds is 3. The molecule has 118 valence electrons. The number of fused-ring (bicyclic) bond motifs is 1. The molecule has 1 aromatic carbocycles. The van der Waals surface area contributed by atoms with Gasteiger partial charge in [0.25, 0.3) is 0 Å². The summed E-state index contributed by atoms with van der Waals surface area (Å²) < 4.78 is 5.19.